The van der Waals surface area contributed by atoms with E-state index in [0.29, 0.717) is 47.8 Å². The Morgan fingerprint density at radius 3 is 2.77 bits per heavy atom. The van der Waals surface area contributed by atoms with Gasteiger partial charge in [-0.15, -0.1) is 0 Å². The number of para-hydroxylation sites is 1. The fourth-order valence-corrected chi connectivity index (χ4v) is 8.91. The first-order chi connectivity index (χ1) is 25.4. The first-order valence-electron chi connectivity index (χ1n) is 17.9. The van der Waals surface area contributed by atoms with Gasteiger partial charge in [0, 0.05) is 58.1 Å². The number of carbonyl (C=O) groups excluding carboxylic acids is 2. The maximum Gasteiger partial charge on any atom is 0.249 e. The Morgan fingerprint density at radius 1 is 1.02 bits per heavy atom. The molecule has 8 heterocycles. The number of anilines is 1. The van der Waals surface area contributed by atoms with Crippen molar-refractivity contribution in [1.82, 2.24) is 25.6 Å². The molecule has 2 unspecified atom stereocenters. The number of hydrogen-bond donors (Lipinski definition) is 4. The van der Waals surface area contributed by atoms with E-state index in [2.05, 4.69) is 57.3 Å². The second kappa shape index (κ2) is 10.6. The zero-order valence-corrected chi connectivity index (χ0v) is 28.4. The Balaban J connectivity index is 1.20. The van der Waals surface area contributed by atoms with Crippen LogP contribution < -0.4 is 20.7 Å². The highest BCUT2D eigenvalue weighted by Gasteiger charge is 2.61. The molecular formula is C40H34N6O6. The molecule has 52 heavy (non-hydrogen) atoms. The number of oxazole rings is 2. The van der Waals surface area contributed by atoms with Crippen molar-refractivity contribution >= 4 is 28.4 Å². The number of amides is 2. The molecule has 5 aliphatic heterocycles. The molecule has 5 atom stereocenters. The molecule has 6 aromatic rings. The van der Waals surface area contributed by atoms with Crippen LogP contribution in [0.4, 0.5) is 5.69 Å². The van der Waals surface area contributed by atoms with Crippen molar-refractivity contribution in [2.24, 2.45) is 5.92 Å². The summed E-state index contributed by atoms with van der Waals surface area (Å²) in [5, 5.41) is 11.0. The molecule has 0 aliphatic carbocycles. The molecule has 1 saturated heterocycles. The van der Waals surface area contributed by atoms with Crippen LogP contribution in [0.15, 0.2) is 75.8 Å². The number of H-pyrrole nitrogens is 1. The van der Waals surface area contributed by atoms with Gasteiger partial charge in [0.1, 0.15) is 29.4 Å². The van der Waals surface area contributed by atoms with Gasteiger partial charge >= 0.3 is 0 Å². The van der Waals surface area contributed by atoms with Crippen LogP contribution in [0.3, 0.4) is 0 Å². The maximum atomic E-state index is 14.2. The average Bonchev–Trinajstić information content (AvgIpc) is 3.99. The van der Waals surface area contributed by atoms with E-state index in [-0.39, 0.29) is 24.2 Å². The number of nitrogens with one attached hydrogen (secondary N) is 4. The molecule has 3 aromatic carbocycles. The molecule has 10 bridgehead atoms. The number of nitrogens with zero attached hydrogens (tertiary/aromatic N) is 2. The normalized spacial score (nSPS) is 24.8. The van der Waals surface area contributed by atoms with Crippen LogP contribution in [0.5, 0.6) is 5.75 Å². The standard InChI is InChI=1S/C40H34N6O6/c1-18(2)31-38-45-33-34(52-38)40-23-8-3-7-21(20-6-4-9-25-30(20)22(16-41-25)29-17-42-37(33)50-29)32(23)46-39(40)51-27-12-11-19(14-24(27)40)15-26(35(47)44-31)43-36(48)28-10-5-13-49-28/h3-4,6-9,11-12,14,16-18,26,28,31,39,41,46H,5,10,13,15H2,1-2H3,(H,43,48)(H,44,47)/t26-,28+,31-,39?,40?/m0/s1. The van der Waals surface area contributed by atoms with Gasteiger partial charge in [0.05, 0.1) is 6.20 Å². The van der Waals surface area contributed by atoms with Crippen molar-refractivity contribution < 1.29 is 27.9 Å². The summed E-state index contributed by atoms with van der Waals surface area (Å²) in [5.41, 5.74) is 6.88. The molecule has 5 aliphatic rings. The van der Waals surface area contributed by atoms with Crippen LogP contribution in [-0.2, 0) is 26.2 Å². The quantitative estimate of drug-likeness (QED) is 0.175. The molecule has 12 nitrogen and oxygen atoms in total. The smallest absolute Gasteiger partial charge is 0.249 e. The molecule has 11 rings (SSSR count). The number of hydrogen-bond acceptors (Lipinski definition) is 9. The minimum atomic E-state index is -1.03. The van der Waals surface area contributed by atoms with Crippen LogP contribution >= 0.6 is 0 Å². The summed E-state index contributed by atoms with van der Waals surface area (Å²) in [6, 6.07) is 17.0. The molecule has 4 N–H and O–H groups in total. The van der Waals surface area contributed by atoms with E-state index in [0.717, 1.165) is 56.4 Å². The number of rotatable bonds is 3. The first kappa shape index (κ1) is 29.8. The third-order valence-corrected chi connectivity index (χ3v) is 11.4. The highest BCUT2D eigenvalue weighted by atomic mass is 16.5. The Labute approximate surface area is 297 Å². The second-order valence-corrected chi connectivity index (χ2v) is 14.7. The van der Waals surface area contributed by atoms with E-state index < -0.39 is 29.8 Å². The molecule has 3 aromatic heterocycles. The van der Waals surface area contributed by atoms with Crippen LogP contribution in [-0.4, -0.2) is 51.7 Å². The highest BCUT2D eigenvalue weighted by Crippen LogP contribution is 2.61. The van der Waals surface area contributed by atoms with Crippen molar-refractivity contribution in [3.8, 4) is 39.8 Å². The Hall–Kier alpha value is -5.88. The first-order valence-corrected chi connectivity index (χ1v) is 17.9. The van der Waals surface area contributed by atoms with Crippen LogP contribution in [0.2, 0.25) is 0 Å². The zero-order valence-electron chi connectivity index (χ0n) is 28.4. The van der Waals surface area contributed by atoms with Gasteiger partial charge in [0.25, 0.3) is 0 Å². The summed E-state index contributed by atoms with van der Waals surface area (Å²) in [7, 11) is 0. The molecule has 0 saturated carbocycles. The zero-order chi connectivity index (χ0) is 34.9. The number of carbonyl (C=O) groups is 2. The summed E-state index contributed by atoms with van der Waals surface area (Å²) in [6.07, 6.45) is 4.15. The predicted molar refractivity (Wildman–Crippen MR) is 189 cm³/mol. The van der Waals surface area contributed by atoms with Gasteiger partial charge in [-0.1, -0.05) is 56.3 Å². The van der Waals surface area contributed by atoms with E-state index in [9.17, 15) is 9.59 Å². The Kier molecular flexibility index (Phi) is 6.06. The summed E-state index contributed by atoms with van der Waals surface area (Å²) < 4.78 is 26.1. The third kappa shape index (κ3) is 3.95. The lowest BCUT2D eigenvalue weighted by Gasteiger charge is -2.29. The van der Waals surface area contributed by atoms with Crippen LogP contribution in [0, 0.1) is 5.92 Å². The van der Waals surface area contributed by atoms with Crippen molar-refractivity contribution in [2.45, 2.75) is 62.9 Å². The maximum absolute atomic E-state index is 14.2. The van der Waals surface area contributed by atoms with Crippen molar-refractivity contribution in [3.63, 3.8) is 0 Å². The monoisotopic (exact) mass is 694 g/mol. The lowest BCUT2D eigenvalue weighted by Crippen LogP contribution is -2.51. The average molecular weight is 695 g/mol. The minimum absolute atomic E-state index is 0.132. The van der Waals surface area contributed by atoms with Gasteiger partial charge in [0.15, 0.2) is 23.4 Å². The van der Waals surface area contributed by atoms with Gasteiger partial charge in [-0.3, -0.25) is 9.59 Å². The number of aromatic nitrogens is 3. The summed E-state index contributed by atoms with van der Waals surface area (Å²) >= 11 is 0. The molecule has 0 radical (unpaired) electrons. The van der Waals surface area contributed by atoms with Gasteiger partial charge in [-0.2, -0.15) is 0 Å². The lowest BCUT2D eigenvalue weighted by atomic mass is 9.72. The Morgan fingerprint density at radius 2 is 1.90 bits per heavy atom. The molecule has 260 valence electrons. The topological polar surface area (TPSA) is 157 Å². The van der Waals surface area contributed by atoms with Gasteiger partial charge in [-0.05, 0) is 42.0 Å². The second-order valence-electron chi connectivity index (χ2n) is 14.7. The Bertz CT molecular complexity index is 2490. The largest absolute Gasteiger partial charge is 0.469 e. The summed E-state index contributed by atoms with van der Waals surface area (Å²) in [6.45, 7) is 4.52. The van der Waals surface area contributed by atoms with E-state index in [1.807, 2.05) is 38.2 Å². The molecule has 1 fully saturated rings. The molecular weight excluding hydrogens is 660 g/mol. The predicted octanol–water partition coefficient (Wildman–Crippen LogP) is 5.97. The van der Waals surface area contributed by atoms with Crippen molar-refractivity contribution in [1.29, 1.82) is 0 Å². The third-order valence-electron chi connectivity index (χ3n) is 11.4. The number of fused-ring (bicyclic) bond motifs is 7. The molecule has 12 heteroatoms. The minimum Gasteiger partial charge on any atom is -0.469 e. The summed E-state index contributed by atoms with van der Waals surface area (Å²) in [4.78, 5) is 41.0. The van der Waals surface area contributed by atoms with Gasteiger partial charge in [-0.25, -0.2) is 9.97 Å². The van der Waals surface area contributed by atoms with Gasteiger partial charge in [0.2, 0.25) is 23.6 Å². The van der Waals surface area contributed by atoms with E-state index in [4.69, 9.17) is 28.3 Å². The molecule has 2 amide bonds. The van der Waals surface area contributed by atoms with E-state index in [1.54, 1.807) is 6.20 Å². The summed E-state index contributed by atoms with van der Waals surface area (Å²) in [5.74, 6) is 1.61. The highest BCUT2D eigenvalue weighted by molar-refractivity contribution is 6.07. The fraction of sp³-hybridized carbons (Fsp3) is 0.300. The number of aromatic amines is 1. The van der Waals surface area contributed by atoms with E-state index in [1.165, 1.54) is 0 Å². The lowest BCUT2D eigenvalue weighted by molar-refractivity contribution is -0.135. The SMILES string of the molecule is CC(C)[C@@H]1NC(=O)[C@@H](NC(=O)[C@H]2CCCO2)Cc2ccc3c(c2)C24c5cccc(c5NC2O3)-c2cccc3[nH]cc(c23)-c2cnc(o2)-c2nc1oc24. The number of ether oxygens (including phenoxy) is 2. The van der Waals surface area contributed by atoms with Crippen molar-refractivity contribution in [3.05, 3.63) is 95.3 Å². The fourth-order valence-electron chi connectivity index (χ4n) is 8.91. The van der Waals surface area contributed by atoms with E-state index >= 15 is 0 Å². The molecule has 1 spiro atoms. The van der Waals surface area contributed by atoms with Crippen LogP contribution in [0.25, 0.3) is 44.9 Å². The van der Waals surface area contributed by atoms with Crippen molar-refractivity contribution in [2.75, 3.05) is 11.9 Å². The number of benzene rings is 3. The van der Waals surface area contributed by atoms with Crippen LogP contribution in [0.1, 0.15) is 61.1 Å². The van der Waals surface area contributed by atoms with Gasteiger partial charge < -0.3 is 39.2 Å².